The zero-order valence-electron chi connectivity index (χ0n) is 10.2. The average molecular weight is 223 g/mol. The molecule has 0 aromatic heterocycles. The molecule has 0 unspecified atom stereocenters. The summed E-state index contributed by atoms with van der Waals surface area (Å²) in [7, 11) is 0. The first kappa shape index (κ1) is 10.4. The van der Waals surface area contributed by atoms with Gasteiger partial charge in [-0.1, -0.05) is 36.4 Å². The fourth-order valence-corrected chi connectivity index (χ4v) is 2.35. The summed E-state index contributed by atoms with van der Waals surface area (Å²) < 4.78 is 5.65. The Bertz CT molecular complexity index is 570. The third-order valence-electron chi connectivity index (χ3n) is 3.50. The predicted molar refractivity (Wildman–Crippen MR) is 70.0 cm³/mol. The van der Waals surface area contributed by atoms with E-state index in [1.54, 1.807) is 0 Å². The Labute approximate surface area is 102 Å². The van der Waals surface area contributed by atoms with Crippen LogP contribution in [0.25, 0.3) is 11.1 Å². The van der Waals surface area contributed by atoms with Gasteiger partial charge in [0, 0.05) is 12.0 Å². The lowest BCUT2D eigenvalue weighted by atomic mass is 9.95. The molecule has 1 nitrogen and oxygen atoms in total. The summed E-state index contributed by atoms with van der Waals surface area (Å²) in [5.74, 6) is 1.03. The molecule has 0 bridgehead atoms. The summed E-state index contributed by atoms with van der Waals surface area (Å²) >= 11 is 0. The molecule has 85 valence electrons. The largest absolute Gasteiger partial charge is 0.485 e. The van der Waals surface area contributed by atoms with Crippen molar-refractivity contribution in [3.05, 3.63) is 59.7 Å². The molecule has 0 saturated heterocycles. The van der Waals surface area contributed by atoms with E-state index in [-0.39, 0.29) is 0 Å². The maximum atomic E-state index is 5.65. The smallest absolute Gasteiger partial charge is 0.140 e. The van der Waals surface area contributed by atoms with Crippen molar-refractivity contribution < 1.29 is 4.74 Å². The van der Waals surface area contributed by atoms with Gasteiger partial charge in [-0.25, -0.2) is 0 Å². The summed E-state index contributed by atoms with van der Waals surface area (Å²) in [5, 5.41) is 0. The van der Waals surface area contributed by atoms with Crippen LogP contribution in [0.15, 0.2) is 36.4 Å². The normalized spacial score (nSPS) is 13.3. The third-order valence-corrected chi connectivity index (χ3v) is 3.50. The van der Waals surface area contributed by atoms with Crippen molar-refractivity contribution >= 4 is 0 Å². The van der Waals surface area contributed by atoms with Gasteiger partial charge in [-0.3, -0.25) is 0 Å². The topological polar surface area (TPSA) is 9.23 Å². The Hall–Kier alpha value is -1.76. The molecule has 2 aromatic carbocycles. The van der Waals surface area contributed by atoms with Crippen molar-refractivity contribution in [2.75, 3.05) is 0 Å². The molecule has 1 aliphatic rings. The number of fused-ring (bicyclic) bond motifs is 1. The van der Waals surface area contributed by atoms with Crippen LogP contribution >= 0.6 is 0 Å². The molecule has 0 spiro atoms. The standard InChI is InChI=1S/C16H15O/c1-11-5-3-7-14(12(11)2)15-8-4-6-13-9-10-17-16(13)15/h3-8,10H,9H2,1-2H3. The molecular weight excluding hydrogens is 208 g/mol. The highest BCUT2D eigenvalue weighted by Crippen LogP contribution is 2.39. The summed E-state index contributed by atoms with van der Waals surface area (Å²) in [6, 6.07) is 12.8. The first-order valence-electron chi connectivity index (χ1n) is 5.94. The molecule has 0 fully saturated rings. The van der Waals surface area contributed by atoms with Gasteiger partial charge in [0.1, 0.15) is 12.4 Å². The molecule has 0 atom stereocenters. The van der Waals surface area contributed by atoms with Gasteiger partial charge in [0.15, 0.2) is 0 Å². The van der Waals surface area contributed by atoms with Gasteiger partial charge in [0.05, 0.1) is 0 Å². The minimum atomic E-state index is 0.911. The van der Waals surface area contributed by atoms with Gasteiger partial charge in [-0.2, -0.15) is 0 Å². The van der Waals surface area contributed by atoms with Crippen LogP contribution in [0.3, 0.4) is 0 Å². The predicted octanol–water partition coefficient (Wildman–Crippen LogP) is 4.07. The second-order valence-corrected chi connectivity index (χ2v) is 4.53. The highest BCUT2D eigenvalue weighted by Gasteiger charge is 2.18. The van der Waals surface area contributed by atoms with Crippen LogP contribution < -0.4 is 4.74 Å². The highest BCUT2D eigenvalue weighted by atomic mass is 16.5. The second kappa shape index (κ2) is 3.92. The zero-order chi connectivity index (χ0) is 11.8. The van der Waals surface area contributed by atoms with Gasteiger partial charge in [-0.05, 0) is 36.1 Å². The minimum absolute atomic E-state index is 0.911. The average Bonchev–Trinajstić information content (AvgIpc) is 2.81. The molecule has 17 heavy (non-hydrogen) atoms. The zero-order valence-corrected chi connectivity index (χ0v) is 10.2. The molecule has 0 aliphatic carbocycles. The number of hydrogen-bond donors (Lipinski definition) is 0. The first-order chi connectivity index (χ1) is 8.27. The van der Waals surface area contributed by atoms with Crippen molar-refractivity contribution in [1.82, 2.24) is 0 Å². The number of aryl methyl sites for hydroxylation is 1. The third kappa shape index (κ3) is 1.62. The Morgan fingerprint density at radius 1 is 0.941 bits per heavy atom. The number of rotatable bonds is 1. The molecule has 0 saturated carbocycles. The molecule has 1 heterocycles. The molecular formula is C16H15O. The first-order valence-corrected chi connectivity index (χ1v) is 5.94. The van der Waals surface area contributed by atoms with Crippen molar-refractivity contribution in [2.24, 2.45) is 0 Å². The van der Waals surface area contributed by atoms with E-state index in [9.17, 15) is 0 Å². The number of hydrogen-bond acceptors (Lipinski definition) is 1. The van der Waals surface area contributed by atoms with E-state index >= 15 is 0 Å². The molecule has 3 rings (SSSR count). The van der Waals surface area contributed by atoms with Crippen LogP contribution in [-0.4, -0.2) is 0 Å². The van der Waals surface area contributed by atoms with Crippen LogP contribution in [0.2, 0.25) is 0 Å². The Morgan fingerprint density at radius 2 is 1.71 bits per heavy atom. The maximum absolute atomic E-state index is 5.65. The Balaban J connectivity index is 2.23. The van der Waals surface area contributed by atoms with Crippen LogP contribution in [0.5, 0.6) is 5.75 Å². The monoisotopic (exact) mass is 223 g/mol. The van der Waals surface area contributed by atoms with E-state index in [4.69, 9.17) is 4.74 Å². The van der Waals surface area contributed by atoms with Crippen molar-refractivity contribution in [1.29, 1.82) is 0 Å². The van der Waals surface area contributed by atoms with E-state index in [0.29, 0.717) is 0 Å². The molecule has 1 radical (unpaired) electrons. The molecule has 0 amide bonds. The van der Waals surface area contributed by atoms with Gasteiger partial charge >= 0.3 is 0 Å². The van der Waals surface area contributed by atoms with Crippen LogP contribution in [0.4, 0.5) is 0 Å². The minimum Gasteiger partial charge on any atom is -0.485 e. The molecule has 2 aromatic rings. The second-order valence-electron chi connectivity index (χ2n) is 4.53. The number of ether oxygens (including phenoxy) is 1. The Morgan fingerprint density at radius 3 is 2.59 bits per heavy atom. The molecule has 0 N–H and O–H groups in total. The Kier molecular flexibility index (Phi) is 2.40. The lowest BCUT2D eigenvalue weighted by molar-refractivity contribution is 0.436. The molecule has 1 aliphatic heterocycles. The van der Waals surface area contributed by atoms with Crippen LogP contribution in [0, 0.1) is 20.5 Å². The maximum Gasteiger partial charge on any atom is 0.140 e. The van der Waals surface area contributed by atoms with E-state index in [2.05, 4.69) is 50.2 Å². The number of para-hydroxylation sites is 1. The van der Waals surface area contributed by atoms with Gasteiger partial charge in [0.25, 0.3) is 0 Å². The van der Waals surface area contributed by atoms with Crippen molar-refractivity contribution in [2.45, 2.75) is 20.3 Å². The summed E-state index contributed by atoms with van der Waals surface area (Å²) in [5.41, 5.74) is 6.41. The van der Waals surface area contributed by atoms with Crippen molar-refractivity contribution in [3.8, 4) is 16.9 Å². The fraction of sp³-hybridized carbons (Fsp3) is 0.188. The van der Waals surface area contributed by atoms with E-state index in [1.165, 1.54) is 27.8 Å². The van der Waals surface area contributed by atoms with Crippen LogP contribution in [-0.2, 0) is 6.42 Å². The van der Waals surface area contributed by atoms with E-state index in [0.717, 1.165) is 12.2 Å². The molecule has 1 heteroatoms. The lowest BCUT2D eigenvalue weighted by Gasteiger charge is -2.12. The fourth-order valence-electron chi connectivity index (χ4n) is 2.35. The quantitative estimate of drug-likeness (QED) is 0.708. The summed E-state index contributed by atoms with van der Waals surface area (Å²) in [4.78, 5) is 0. The van der Waals surface area contributed by atoms with Gasteiger partial charge in [-0.15, -0.1) is 0 Å². The van der Waals surface area contributed by atoms with Crippen molar-refractivity contribution in [3.63, 3.8) is 0 Å². The van der Waals surface area contributed by atoms with E-state index < -0.39 is 0 Å². The van der Waals surface area contributed by atoms with E-state index in [1.807, 2.05) is 6.61 Å². The SMILES string of the molecule is Cc1cccc(-c2cccc3c2O[CH]C3)c1C. The lowest BCUT2D eigenvalue weighted by Crippen LogP contribution is -1.90. The summed E-state index contributed by atoms with van der Waals surface area (Å²) in [6.07, 6.45) is 0.911. The van der Waals surface area contributed by atoms with Gasteiger partial charge in [0.2, 0.25) is 0 Å². The van der Waals surface area contributed by atoms with Gasteiger partial charge < -0.3 is 4.74 Å². The van der Waals surface area contributed by atoms with Crippen LogP contribution in [0.1, 0.15) is 16.7 Å². The summed E-state index contributed by atoms with van der Waals surface area (Å²) in [6.45, 7) is 6.19. The highest BCUT2D eigenvalue weighted by molar-refractivity contribution is 5.76. The number of benzene rings is 2.